The van der Waals surface area contributed by atoms with Crippen molar-refractivity contribution in [3.63, 3.8) is 0 Å². The topological polar surface area (TPSA) is 107 Å². The van der Waals surface area contributed by atoms with Crippen molar-refractivity contribution in [2.24, 2.45) is 22.4 Å². The van der Waals surface area contributed by atoms with E-state index in [0.717, 1.165) is 4.21 Å². The smallest absolute Gasteiger partial charge is 0.238 e. The molecule has 0 bridgehead atoms. The van der Waals surface area contributed by atoms with Crippen LogP contribution in [0.5, 0.6) is 0 Å². The Morgan fingerprint density at radius 2 is 1.86 bits per heavy atom. The first-order chi connectivity index (χ1) is 3.18. The van der Waals surface area contributed by atoms with Crippen LogP contribution < -0.4 is 22.4 Å². The second kappa shape index (κ2) is 3.38. The normalized spacial score (nSPS) is 13.0. The molecule has 5 nitrogen and oxygen atoms in total. The molecule has 0 aromatic heterocycles. The average molecular weight is 140 g/mol. The zero-order chi connectivity index (χ0) is 5.86. The quantitative estimate of drug-likeness (QED) is 0.213. The van der Waals surface area contributed by atoms with Crippen LogP contribution in [0.15, 0.2) is 0 Å². The summed E-state index contributed by atoms with van der Waals surface area (Å²) >= 11 is 0. The van der Waals surface area contributed by atoms with Crippen molar-refractivity contribution in [2.75, 3.05) is 0 Å². The van der Waals surface area contributed by atoms with E-state index in [1.54, 1.807) is 0 Å². The summed E-state index contributed by atoms with van der Waals surface area (Å²) in [5, 5.41) is 0. The predicted octanol–water partition coefficient (Wildman–Crippen LogP) is -0.980. The standard InChI is InChI=1S/H7N5P2/c1-5(6-2)7(3)4/h2H,1,3-4H2/p+1. The molecule has 0 aliphatic rings. The minimum Gasteiger partial charge on any atom is -0.238 e. The van der Waals surface area contributed by atoms with Gasteiger partial charge in [0.1, 0.15) is 0 Å². The van der Waals surface area contributed by atoms with Crippen LogP contribution in [-0.4, -0.2) is 4.21 Å². The van der Waals surface area contributed by atoms with E-state index in [4.69, 9.17) is 22.4 Å². The second-order valence-electron chi connectivity index (χ2n) is 0.816. The Bertz CT molecular complexity index is 74.1. The summed E-state index contributed by atoms with van der Waals surface area (Å²) in [7, 11) is -0.776. The van der Waals surface area contributed by atoms with Gasteiger partial charge in [-0.15, -0.1) is 5.84 Å². The van der Waals surface area contributed by atoms with Gasteiger partial charge in [0.05, 0.1) is 0 Å². The third-order valence-corrected chi connectivity index (χ3v) is 1.99. The molecule has 42 valence electrons. The van der Waals surface area contributed by atoms with Crippen molar-refractivity contribution in [3.8, 4) is 0 Å². The molecule has 0 saturated carbocycles. The van der Waals surface area contributed by atoms with Crippen LogP contribution in [0.3, 0.4) is 0 Å². The fourth-order valence-corrected chi connectivity index (χ4v) is 0.537. The highest BCUT2D eigenvalue weighted by Crippen LogP contribution is 2.12. The van der Waals surface area contributed by atoms with Crippen LogP contribution in [0.1, 0.15) is 0 Å². The van der Waals surface area contributed by atoms with Crippen LogP contribution in [0, 0.1) is 0 Å². The van der Waals surface area contributed by atoms with Crippen molar-refractivity contribution in [3.05, 3.63) is 0 Å². The largest absolute Gasteiger partial charge is 0.366 e. The molecule has 0 atom stereocenters. The Morgan fingerprint density at radius 3 is 1.86 bits per heavy atom. The molecule has 0 fully saturated rings. The van der Waals surface area contributed by atoms with Gasteiger partial charge in [-0.2, -0.15) is 0 Å². The molecule has 7 heavy (non-hydrogen) atoms. The summed E-state index contributed by atoms with van der Waals surface area (Å²) in [5.74, 6) is 5.09. The molecule has 0 aliphatic carbocycles. The van der Waals surface area contributed by atoms with E-state index in [-0.39, 0.29) is 0 Å². The monoisotopic (exact) mass is 140 g/mol. The number of nitrogens with zero attached hydrogens (tertiary/aromatic N) is 1. The lowest BCUT2D eigenvalue weighted by Gasteiger charge is -1.89. The Morgan fingerprint density at radius 1 is 1.43 bits per heavy atom. The molecular formula is H8N5P2+. The molecule has 0 rings (SSSR count). The van der Waals surface area contributed by atoms with E-state index < -0.39 is 8.37 Å². The minimum atomic E-state index is -1.19. The molecular weight excluding hydrogens is 132 g/mol. The molecule has 0 radical (unpaired) electrons. The number of rotatable bonds is 1. The summed E-state index contributed by atoms with van der Waals surface area (Å²) in [4.78, 5) is 0. The lowest BCUT2D eigenvalue weighted by atomic mass is 13.0. The Hall–Kier alpha value is 0.370. The summed E-state index contributed by atoms with van der Waals surface area (Å²) < 4.78 is 1.16. The molecule has 0 saturated heterocycles. The molecule has 0 aromatic rings. The molecule has 8 N–H and O–H groups in total. The summed E-state index contributed by atoms with van der Waals surface area (Å²) in [6, 6.07) is 0. The maximum atomic E-state index is 5.10. The Balaban J connectivity index is 3.56. The van der Waals surface area contributed by atoms with Gasteiger partial charge in [0.25, 0.3) is 0 Å². The van der Waals surface area contributed by atoms with E-state index >= 15 is 0 Å². The Kier molecular flexibility index (Phi) is 3.56. The molecule has 0 aromatic carbocycles. The Labute approximate surface area is 44.5 Å². The molecule has 7 heteroatoms. The molecule has 0 heterocycles. The zero-order valence-electron chi connectivity index (χ0n) is 3.65. The van der Waals surface area contributed by atoms with E-state index in [9.17, 15) is 0 Å². The minimum absolute atomic E-state index is 0.412. The van der Waals surface area contributed by atoms with Crippen molar-refractivity contribution in [1.29, 1.82) is 0 Å². The summed E-state index contributed by atoms with van der Waals surface area (Å²) in [5.41, 5.74) is 15.2. The van der Waals surface area contributed by atoms with Gasteiger partial charge in [-0.05, 0) is 0 Å². The SMILES string of the molecule is NP=[N+](N)P(N)N. The average Bonchev–Trinajstić information content (AvgIpc) is 1.65. The van der Waals surface area contributed by atoms with E-state index in [1.807, 2.05) is 0 Å². The lowest BCUT2D eigenvalue weighted by Crippen LogP contribution is -2.18. The molecule has 0 amide bonds. The van der Waals surface area contributed by atoms with Crippen LogP contribution in [0.25, 0.3) is 0 Å². The number of hydrogen-bond donors (Lipinski definition) is 4. The van der Waals surface area contributed by atoms with E-state index in [2.05, 4.69) is 0 Å². The van der Waals surface area contributed by atoms with E-state index in [1.165, 1.54) is 0 Å². The number of hydrazine groups is 1. The van der Waals surface area contributed by atoms with Gasteiger partial charge in [-0.25, -0.2) is 16.5 Å². The fourth-order valence-electron chi connectivity index (χ4n) is 0.0596. The number of hydrogen-bond acceptors (Lipinski definition) is 2. The van der Waals surface area contributed by atoms with Gasteiger partial charge in [0.2, 0.25) is 0 Å². The summed E-state index contributed by atoms with van der Waals surface area (Å²) in [6.07, 6.45) is 0. The van der Waals surface area contributed by atoms with Gasteiger partial charge in [-0.1, -0.05) is 4.21 Å². The van der Waals surface area contributed by atoms with Crippen molar-refractivity contribution in [1.82, 2.24) is 0 Å². The van der Waals surface area contributed by atoms with Gasteiger partial charge in [0.15, 0.2) is 0 Å². The third-order valence-electron chi connectivity index (χ3n) is 0.355. The van der Waals surface area contributed by atoms with E-state index in [0.29, 0.717) is 8.52 Å². The first-order valence-electron chi connectivity index (χ1n) is 1.43. The molecule has 0 aliphatic heterocycles. The third kappa shape index (κ3) is 3.00. The predicted molar refractivity (Wildman–Crippen MR) is 30.9 cm³/mol. The van der Waals surface area contributed by atoms with Crippen molar-refractivity contribution < 1.29 is 4.21 Å². The van der Waals surface area contributed by atoms with Crippen LogP contribution in [-0.2, 0) is 0 Å². The van der Waals surface area contributed by atoms with Crippen molar-refractivity contribution >= 4 is 16.9 Å². The van der Waals surface area contributed by atoms with Crippen molar-refractivity contribution in [2.45, 2.75) is 0 Å². The highest BCUT2D eigenvalue weighted by Gasteiger charge is 2.04. The highest BCUT2D eigenvalue weighted by atomic mass is 31.2. The maximum Gasteiger partial charge on any atom is 0.366 e. The van der Waals surface area contributed by atoms with Gasteiger partial charge >= 0.3 is 16.9 Å². The number of nitrogens with two attached hydrogens (primary N) is 4. The highest BCUT2D eigenvalue weighted by molar-refractivity contribution is 7.48. The zero-order valence-corrected chi connectivity index (χ0v) is 5.44. The van der Waals surface area contributed by atoms with Crippen LogP contribution in [0.2, 0.25) is 0 Å². The van der Waals surface area contributed by atoms with Gasteiger partial charge < -0.3 is 0 Å². The molecule has 0 unspecified atom stereocenters. The van der Waals surface area contributed by atoms with Gasteiger partial charge in [0, 0.05) is 0 Å². The molecule has 0 spiro atoms. The maximum absolute atomic E-state index is 5.10. The van der Waals surface area contributed by atoms with Crippen LogP contribution in [0.4, 0.5) is 0 Å². The fraction of sp³-hybridized carbons (Fsp3) is 0. The lowest BCUT2D eigenvalue weighted by molar-refractivity contribution is -0.349. The first kappa shape index (κ1) is 7.37. The van der Waals surface area contributed by atoms with Crippen LogP contribution >= 0.6 is 16.9 Å². The van der Waals surface area contributed by atoms with Gasteiger partial charge in [-0.3, -0.25) is 0 Å². The summed E-state index contributed by atoms with van der Waals surface area (Å²) in [6.45, 7) is 0. The first-order valence-corrected chi connectivity index (χ1v) is 3.78. The second-order valence-corrected chi connectivity index (χ2v) is 2.98.